The molecule has 0 bridgehead atoms. The van der Waals surface area contributed by atoms with Gasteiger partial charge in [0, 0.05) is 19.3 Å². The minimum Gasteiger partial charge on any atom is -0.462 e. The van der Waals surface area contributed by atoms with Gasteiger partial charge in [-0.05, 0) is 116 Å². The first-order valence-corrected chi connectivity index (χ1v) is 29.7. The van der Waals surface area contributed by atoms with Crippen LogP contribution in [0.2, 0.25) is 0 Å². The molecule has 6 heteroatoms. The molecule has 0 aromatic carbocycles. The molecule has 71 heavy (non-hydrogen) atoms. The molecule has 0 aromatic heterocycles. The second kappa shape index (κ2) is 58.9. The highest BCUT2D eigenvalue weighted by atomic mass is 16.6. The maximum Gasteiger partial charge on any atom is 0.306 e. The standard InChI is InChI=1S/C65H110O6/c1-4-7-10-13-16-19-22-25-28-30-31-32-33-35-37-40-43-46-49-52-55-58-64(67)70-61-62(60-69-63(66)57-54-51-48-45-42-39-36-27-24-21-18-15-12-9-6-3)71-65(68)59-56-53-50-47-44-41-38-34-29-26-23-20-17-14-11-8-5-2/h7,9-10,12,16,18-19,21,25-29,31-32,36,62H,4-6,8,11,13-15,17,20,22-24,30,33-35,37-61H2,1-3H3/b10-7-,12-9-,19-16-,21-18-,28-25-,29-26-,32-31-,36-27-. The largest absolute Gasteiger partial charge is 0.462 e. The Hall–Kier alpha value is -3.67. The molecular formula is C65H110O6. The highest BCUT2D eigenvalue weighted by molar-refractivity contribution is 5.71. The summed E-state index contributed by atoms with van der Waals surface area (Å²) in [7, 11) is 0. The topological polar surface area (TPSA) is 78.9 Å². The third-order valence-corrected chi connectivity index (χ3v) is 12.6. The van der Waals surface area contributed by atoms with E-state index < -0.39 is 6.10 Å². The predicted octanol–water partition coefficient (Wildman–Crippen LogP) is 20.1. The van der Waals surface area contributed by atoms with E-state index in [-0.39, 0.29) is 31.1 Å². The lowest BCUT2D eigenvalue weighted by molar-refractivity contribution is -0.167. The summed E-state index contributed by atoms with van der Waals surface area (Å²) < 4.78 is 16.9. The first-order valence-electron chi connectivity index (χ1n) is 29.7. The van der Waals surface area contributed by atoms with Crippen molar-refractivity contribution in [2.24, 2.45) is 0 Å². The van der Waals surface area contributed by atoms with Crippen molar-refractivity contribution in [2.75, 3.05) is 13.2 Å². The first-order chi connectivity index (χ1) is 35.0. The molecule has 1 atom stereocenters. The Balaban J connectivity index is 4.41. The van der Waals surface area contributed by atoms with Crippen molar-refractivity contribution in [1.29, 1.82) is 0 Å². The molecule has 406 valence electrons. The molecule has 0 fully saturated rings. The lowest BCUT2D eigenvalue weighted by Crippen LogP contribution is -2.30. The van der Waals surface area contributed by atoms with Gasteiger partial charge in [0.05, 0.1) is 0 Å². The zero-order valence-electron chi connectivity index (χ0n) is 46.5. The van der Waals surface area contributed by atoms with Crippen LogP contribution in [0.25, 0.3) is 0 Å². The van der Waals surface area contributed by atoms with Gasteiger partial charge in [-0.3, -0.25) is 14.4 Å². The number of carbonyl (C=O) groups is 3. The van der Waals surface area contributed by atoms with E-state index in [1.54, 1.807) is 0 Å². The van der Waals surface area contributed by atoms with Gasteiger partial charge in [0.2, 0.25) is 0 Å². The quantitative estimate of drug-likeness (QED) is 0.0261. The second-order valence-electron chi connectivity index (χ2n) is 19.5. The summed E-state index contributed by atoms with van der Waals surface area (Å²) in [5.74, 6) is -0.912. The summed E-state index contributed by atoms with van der Waals surface area (Å²) in [6.45, 7) is 6.40. The van der Waals surface area contributed by atoms with Crippen molar-refractivity contribution >= 4 is 17.9 Å². The van der Waals surface area contributed by atoms with E-state index in [1.165, 1.54) is 109 Å². The van der Waals surface area contributed by atoms with Crippen LogP contribution in [0, 0.1) is 0 Å². The lowest BCUT2D eigenvalue weighted by atomic mass is 10.1. The van der Waals surface area contributed by atoms with Gasteiger partial charge in [0.25, 0.3) is 0 Å². The molecule has 0 heterocycles. The number of ether oxygens (including phenoxy) is 3. The molecule has 0 N–H and O–H groups in total. The Kier molecular flexibility index (Phi) is 55.9. The van der Waals surface area contributed by atoms with Gasteiger partial charge < -0.3 is 14.2 Å². The van der Waals surface area contributed by atoms with Crippen LogP contribution in [0.15, 0.2) is 97.2 Å². The van der Waals surface area contributed by atoms with E-state index in [0.29, 0.717) is 19.3 Å². The van der Waals surface area contributed by atoms with E-state index in [0.717, 1.165) is 128 Å². The number of esters is 3. The monoisotopic (exact) mass is 987 g/mol. The van der Waals surface area contributed by atoms with E-state index >= 15 is 0 Å². The highest BCUT2D eigenvalue weighted by Crippen LogP contribution is 2.15. The van der Waals surface area contributed by atoms with Gasteiger partial charge in [0.1, 0.15) is 13.2 Å². The normalized spacial score (nSPS) is 12.8. The minimum absolute atomic E-state index is 0.0892. The Morgan fingerprint density at radius 1 is 0.296 bits per heavy atom. The third kappa shape index (κ3) is 57.1. The van der Waals surface area contributed by atoms with E-state index in [9.17, 15) is 14.4 Å². The van der Waals surface area contributed by atoms with E-state index in [1.807, 2.05) is 0 Å². The zero-order valence-corrected chi connectivity index (χ0v) is 46.5. The number of rotatable bonds is 53. The fraction of sp³-hybridized carbons (Fsp3) is 0.708. The Bertz CT molecular complexity index is 1410. The molecule has 0 spiro atoms. The van der Waals surface area contributed by atoms with Crippen LogP contribution in [-0.4, -0.2) is 37.2 Å². The molecule has 0 amide bonds. The van der Waals surface area contributed by atoms with Gasteiger partial charge in [0.15, 0.2) is 6.10 Å². The van der Waals surface area contributed by atoms with Crippen LogP contribution in [-0.2, 0) is 28.6 Å². The van der Waals surface area contributed by atoms with Crippen molar-refractivity contribution in [2.45, 2.75) is 284 Å². The summed E-state index contributed by atoms with van der Waals surface area (Å²) in [5, 5.41) is 0. The third-order valence-electron chi connectivity index (χ3n) is 12.6. The van der Waals surface area contributed by atoms with Gasteiger partial charge in [-0.15, -0.1) is 0 Å². The molecule has 6 nitrogen and oxygen atoms in total. The molecule has 0 saturated carbocycles. The fourth-order valence-corrected chi connectivity index (χ4v) is 8.15. The minimum atomic E-state index is -0.792. The molecular weight excluding hydrogens is 877 g/mol. The van der Waals surface area contributed by atoms with E-state index in [4.69, 9.17) is 14.2 Å². The molecule has 0 aliphatic heterocycles. The summed E-state index contributed by atoms with van der Waals surface area (Å²) in [5.41, 5.74) is 0. The molecule has 0 aliphatic rings. The fourth-order valence-electron chi connectivity index (χ4n) is 8.15. The van der Waals surface area contributed by atoms with Crippen LogP contribution < -0.4 is 0 Å². The Morgan fingerprint density at radius 2 is 0.549 bits per heavy atom. The Labute approximate surface area is 438 Å². The van der Waals surface area contributed by atoms with Crippen LogP contribution in [0.5, 0.6) is 0 Å². The first kappa shape index (κ1) is 67.3. The van der Waals surface area contributed by atoms with Crippen molar-refractivity contribution in [3.05, 3.63) is 97.2 Å². The van der Waals surface area contributed by atoms with Gasteiger partial charge in [-0.25, -0.2) is 0 Å². The number of carbonyl (C=O) groups excluding carboxylic acids is 3. The van der Waals surface area contributed by atoms with Crippen molar-refractivity contribution in [3.8, 4) is 0 Å². The SMILES string of the molecule is CC/C=C\C/C=C\C/C=C\C/C=C\CCCCCCCCCCC(=O)OCC(COC(=O)CCCCCCC/C=C\C/C=C\C/C=C\CC)OC(=O)CCCCCCCCC/C=C\CCCCCCCC. The maximum absolute atomic E-state index is 12.9. The van der Waals surface area contributed by atoms with Gasteiger partial charge in [-0.2, -0.15) is 0 Å². The summed E-state index contributed by atoms with van der Waals surface area (Å²) in [6, 6.07) is 0. The van der Waals surface area contributed by atoms with Crippen molar-refractivity contribution in [3.63, 3.8) is 0 Å². The van der Waals surface area contributed by atoms with Gasteiger partial charge in [-0.1, -0.05) is 240 Å². The van der Waals surface area contributed by atoms with Crippen LogP contribution >= 0.6 is 0 Å². The van der Waals surface area contributed by atoms with Crippen LogP contribution in [0.4, 0.5) is 0 Å². The highest BCUT2D eigenvalue weighted by Gasteiger charge is 2.19. The van der Waals surface area contributed by atoms with Crippen LogP contribution in [0.3, 0.4) is 0 Å². The summed E-state index contributed by atoms with van der Waals surface area (Å²) in [6.07, 6.45) is 78.2. The maximum atomic E-state index is 12.9. The van der Waals surface area contributed by atoms with E-state index in [2.05, 4.69) is 118 Å². The molecule has 0 saturated heterocycles. The van der Waals surface area contributed by atoms with Crippen LogP contribution in [0.1, 0.15) is 278 Å². The number of hydrogen-bond donors (Lipinski definition) is 0. The van der Waals surface area contributed by atoms with Crippen molar-refractivity contribution in [1.82, 2.24) is 0 Å². The average Bonchev–Trinajstić information content (AvgIpc) is 3.37. The molecule has 0 aromatic rings. The smallest absolute Gasteiger partial charge is 0.306 e. The van der Waals surface area contributed by atoms with Gasteiger partial charge >= 0.3 is 17.9 Å². The number of unbranched alkanes of at least 4 members (excludes halogenated alkanes) is 26. The number of allylic oxidation sites excluding steroid dienone is 16. The molecule has 0 radical (unpaired) electrons. The second-order valence-corrected chi connectivity index (χ2v) is 19.5. The number of hydrogen-bond acceptors (Lipinski definition) is 6. The lowest BCUT2D eigenvalue weighted by Gasteiger charge is -2.18. The Morgan fingerprint density at radius 3 is 0.873 bits per heavy atom. The molecule has 0 rings (SSSR count). The molecule has 0 aliphatic carbocycles. The summed E-state index contributed by atoms with van der Waals surface area (Å²) in [4.78, 5) is 38.2. The van der Waals surface area contributed by atoms with Crippen molar-refractivity contribution < 1.29 is 28.6 Å². The predicted molar refractivity (Wildman–Crippen MR) is 307 cm³/mol. The average molecular weight is 988 g/mol. The summed E-state index contributed by atoms with van der Waals surface area (Å²) >= 11 is 0. The zero-order chi connectivity index (χ0) is 51.4. The molecule has 1 unspecified atom stereocenters.